The van der Waals surface area contributed by atoms with Gasteiger partial charge < -0.3 is 10.5 Å². The zero-order valence-corrected chi connectivity index (χ0v) is 9.27. The number of pyridine rings is 1. The van der Waals surface area contributed by atoms with Crippen molar-refractivity contribution in [3.8, 4) is 0 Å². The molecule has 0 fully saturated rings. The number of hydroxylamine groups is 1. The van der Waals surface area contributed by atoms with Gasteiger partial charge in [-0.2, -0.15) is 0 Å². The summed E-state index contributed by atoms with van der Waals surface area (Å²) in [6.45, 7) is 5.32. The Hall–Kier alpha value is -2.28. The van der Waals surface area contributed by atoms with Gasteiger partial charge in [0.2, 0.25) is 0 Å². The van der Waals surface area contributed by atoms with E-state index in [4.69, 9.17) is 15.4 Å². The van der Waals surface area contributed by atoms with Crippen LogP contribution < -0.4 is 16.3 Å². The number of aromatic nitrogens is 1. The van der Waals surface area contributed by atoms with Gasteiger partial charge in [-0.15, -0.1) is 10.0 Å². The molecule has 17 heavy (non-hydrogen) atoms. The zero-order valence-electron chi connectivity index (χ0n) is 9.27. The first-order valence-corrected chi connectivity index (χ1v) is 4.91. The molecule has 2 rings (SSSR count). The van der Waals surface area contributed by atoms with Crippen molar-refractivity contribution in [2.24, 2.45) is 0 Å². The van der Waals surface area contributed by atoms with E-state index in [1.165, 1.54) is 6.08 Å². The quantitative estimate of drug-likeness (QED) is 0.754. The molecule has 0 bridgehead atoms. The SMILES string of the molecule is C=CCOC(=O)N1ONc2nc(C)cc(N)c21. The summed E-state index contributed by atoms with van der Waals surface area (Å²) in [5, 5.41) is 0.917. The molecule has 90 valence electrons. The fourth-order valence-corrected chi connectivity index (χ4v) is 1.43. The van der Waals surface area contributed by atoms with Crippen molar-refractivity contribution in [2.45, 2.75) is 6.92 Å². The average molecular weight is 236 g/mol. The molecule has 0 unspecified atom stereocenters. The van der Waals surface area contributed by atoms with Gasteiger partial charge in [0.15, 0.2) is 5.82 Å². The summed E-state index contributed by atoms with van der Waals surface area (Å²) in [7, 11) is 0. The molecule has 0 atom stereocenters. The number of aryl methyl sites for hydroxylation is 1. The van der Waals surface area contributed by atoms with E-state index >= 15 is 0 Å². The lowest BCUT2D eigenvalue weighted by molar-refractivity contribution is 0.113. The van der Waals surface area contributed by atoms with Gasteiger partial charge in [-0.25, -0.2) is 15.3 Å². The van der Waals surface area contributed by atoms with Gasteiger partial charge in [0.05, 0.1) is 5.69 Å². The predicted octanol–water partition coefficient (Wildman–Crippen LogP) is 1.37. The average Bonchev–Trinajstić information content (AvgIpc) is 2.69. The highest BCUT2D eigenvalue weighted by Crippen LogP contribution is 2.36. The fourth-order valence-electron chi connectivity index (χ4n) is 1.43. The van der Waals surface area contributed by atoms with E-state index in [2.05, 4.69) is 17.0 Å². The molecule has 1 aromatic heterocycles. The second-order valence-corrected chi connectivity index (χ2v) is 3.40. The van der Waals surface area contributed by atoms with E-state index in [1.807, 2.05) is 0 Å². The molecule has 1 aliphatic rings. The Kier molecular flexibility index (Phi) is 2.84. The monoisotopic (exact) mass is 236 g/mol. The predicted molar refractivity (Wildman–Crippen MR) is 62.1 cm³/mol. The first-order chi connectivity index (χ1) is 8.13. The lowest BCUT2D eigenvalue weighted by atomic mass is 10.3. The largest absolute Gasteiger partial charge is 0.443 e. The van der Waals surface area contributed by atoms with E-state index in [0.29, 0.717) is 17.2 Å². The summed E-state index contributed by atoms with van der Waals surface area (Å²) in [4.78, 5) is 20.7. The Morgan fingerprint density at radius 1 is 1.82 bits per heavy atom. The molecule has 0 spiro atoms. The maximum atomic E-state index is 11.6. The molecule has 1 amide bonds. The van der Waals surface area contributed by atoms with Crippen LogP contribution in [0.1, 0.15) is 5.69 Å². The van der Waals surface area contributed by atoms with E-state index < -0.39 is 6.09 Å². The fraction of sp³-hybridized carbons (Fsp3) is 0.200. The van der Waals surface area contributed by atoms with Crippen LogP contribution in [0.4, 0.5) is 22.0 Å². The molecule has 1 aliphatic heterocycles. The molecule has 0 saturated heterocycles. The summed E-state index contributed by atoms with van der Waals surface area (Å²) in [5.41, 5.74) is 9.75. The highest BCUT2D eigenvalue weighted by atomic mass is 16.8. The van der Waals surface area contributed by atoms with Crippen molar-refractivity contribution in [1.82, 2.24) is 4.98 Å². The summed E-state index contributed by atoms with van der Waals surface area (Å²) >= 11 is 0. The summed E-state index contributed by atoms with van der Waals surface area (Å²) in [6.07, 6.45) is 0.771. The van der Waals surface area contributed by atoms with Crippen LogP contribution in [0, 0.1) is 6.92 Å². The van der Waals surface area contributed by atoms with Crippen LogP contribution in [0.15, 0.2) is 18.7 Å². The minimum Gasteiger partial charge on any atom is -0.443 e. The highest BCUT2D eigenvalue weighted by Gasteiger charge is 2.31. The lowest BCUT2D eigenvalue weighted by Gasteiger charge is -2.13. The number of anilines is 3. The molecule has 3 N–H and O–H groups in total. The molecule has 0 radical (unpaired) electrons. The van der Waals surface area contributed by atoms with E-state index in [9.17, 15) is 4.79 Å². The summed E-state index contributed by atoms with van der Waals surface area (Å²) in [6, 6.07) is 1.64. The van der Waals surface area contributed by atoms with Crippen LogP contribution in [-0.4, -0.2) is 17.7 Å². The Morgan fingerprint density at radius 2 is 2.59 bits per heavy atom. The molecule has 0 aromatic carbocycles. The molecular formula is C10H12N4O3. The number of nitrogens with one attached hydrogen (secondary N) is 1. The summed E-state index contributed by atoms with van der Waals surface area (Å²) < 4.78 is 4.84. The molecule has 1 aromatic rings. The number of nitrogens with two attached hydrogens (primary N) is 1. The smallest absolute Gasteiger partial charge is 0.441 e. The molecule has 0 aliphatic carbocycles. The molecule has 0 saturated carbocycles. The van der Waals surface area contributed by atoms with Crippen LogP contribution >= 0.6 is 0 Å². The molecule has 7 heteroatoms. The van der Waals surface area contributed by atoms with Crippen molar-refractivity contribution < 1.29 is 14.5 Å². The Bertz CT molecular complexity index is 475. The third-order valence-corrected chi connectivity index (χ3v) is 2.08. The van der Waals surface area contributed by atoms with Gasteiger partial charge in [0.1, 0.15) is 12.3 Å². The number of hydrogen-bond donors (Lipinski definition) is 2. The third kappa shape index (κ3) is 2.00. The number of carbonyl (C=O) groups is 1. The number of nitrogens with zero attached hydrogens (tertiary/aromatic N) is 2. The van der Waals surface area contributed by atoms with E-state index in [1.54, 1.807) is 13.0 Å². The minimum atomic E-state index is -0.687. The van der Waals surface area contributed by atoms with Gasteiger partial charge in [-0.1, -0.05) is 12.7 Å². The highest BCUT2D eigenvalue weighted by molar-refractivity contribution is 5.96. The Morgan fingerprint density at radius 3 is 3.29 bits per heavy atom. The van der Waals surface area contributed by atoms with Crippen molar-refractivity contribution in [3.05, 3.63) is 24.4 Å². The van der Waals surface area contributed by atoms with E-state index in [0.717, 1.165) is 10.8 Å². The summed E-state index contributed by atoms with van der Waals surface area (Å²) in [5.74, 6) is 0.387. The van der Waals surface area contributed by atoms with Gasteiger partial charge in [-0.3, -0.25) is 0 Å². The maximum absolute atomic E-state index is 11.6. The van der Waals surface area contributed by atoms with Crippen LogP contribution in [0.2, 0.25) is 0 Å². The third-order valence-electron chi connectivity index (χ3n) is 2.08. The first-order valence-electron chi connectivity index (χ1n) is 4.91. The molecule has 2 heterocycles. The zero-order chi connectivity index (χ0) is 12.4. The second-order valence-electron chi connectivity index (χ2n) is 3.40. The maximum Gasteiger partial charge on any atom is 0.441 e. The number of carbonyl (C=O) groups excluding carboxylic acids is 1. The van der Waals surface area contributed by atoms with E-state index in [-0.39, 0.29) is 6.61 Å². The lowest BCUT2D eigenvalue weighted by Crippen LogP contribution is -2.29. The first kappa shape index (κ1) is 11.2. The van der Waals surface area contributed by atoms with Crippen LogP contribution in [0.25, 0.3) is 0 Å². The van der Waals surface area contributed by atoms with Gasteiger partial charge in [-0.05, 0) is 13.0 Å². The van der Waals surface area contributed by atoms with Crippen molar-refractivity contribution in [3.63, 3.8) is 0 Å². The minimum absolute atomic E-state index is 0.0905. The van der Waals surface area contributed by atoms with Crippen molar-refractivity contribution in [2.75, 3.05) is 22.9 Å². The van der Waals surface area contributed by atoms with Crippen molar-refractivity contribution in [1.29, 1.82) is 0 Å². The number of amides is 1. The van der Waals surface area contributed by atoms with Crippen molar-refractivity contribution >= 4 is 23.3 Å². The van der Waals surface area contributed by atoms with Gasteiger partial charge in [0, 0.05) is 5.69 Å². The number of nitrogen functional groups attached to an aromatic ring is 1. The molecule has 7 nitrogen and oxygen atoms in total. The number of hydrogen-bond acceptors (Lipinski definition) is 6. The number of fused-ring (bicyclic) bond motifs is 1. The molecular weight excluding hydrogens is 224 g/mol. The number of ether oxygens (including phenoxy) is 1. The second kappa shape index (κ2) is 4.30. The van der Waals surface area contributed by atoms with Crippen LogP contribution in [0.3, 0.4) is 0 Å². The standard InChI is InChI=1S/C10H12N4O3/c1-3-4-16-10(15)14-8-7(11)5-6(2)12-9(8)13-17-14/h3,5H,1,4H2,2H3,(H3,11,12,13). The van der Waals surface area contributed by atoms with Crippen LogP contribution in [0.5, 0.6) is 0 Å². The number of rotatable bonds is 2. The normalized spacial score (nSPS) is 12.9. The van der Waals surface area contributed by atoms with Crippen LogP contribution in [-0.2, 0) is 9.68 Å². The Labute approximate surface area is 97.7 Å². The van der Waals surface area contributed by atoms with Gasteiger partial charge in [0.25, 0.3) is 0 Å². The Balaban J connectivity index is 2.27. The van der Waals surface area contributed by atoms with Gasteiger partial charge >= 0.3 is 6.09 Å². The topological polar surface area (TPSA) is 89.7 Å².